The van der Waals surface area contributed by atoms with E-state index in [2.05, 4.69) is 21.2 Å². The van der Waals surface area contributed by atoms with Crippen LogP contribution in [0.15, 0.2) is 27.5 Å². The molecule has 0 atom stereocenters. The zero-order valence-electron chi connectivity index (χ0n) is 11.5. The Balaban J connectivity index is 2.11. The normalized spacial score (nSPS) is 13.3. The van der Waals surface area contributed by atoms with Crippen LogP contribution in [-0.4, -0.2) is 4.57 Å². The van der Waals surface area contributed by atoms with E-state index in [0.29, 0.717) is 33.6 Å². The topological polar surface area (TPSA) is 60.0 Å². The number of hydrogen-bond donors (Lipinski definition) is 2. The first-order chi connectivity index (χ1) is 9.99. The second-order valence-electron chi connectivity index (χ2n) is 5.17. The highest BCUT2D eigenvalue weighted by molar-refractivity contribution is 9.10. The van der Waals surface area contributed by atoms with E-state index in [1.54, 1.807) is 23.6 Å². The molecule has 0 amide bonds. The zero-order chi connectivity index (χ0) is 15.1. The number of nitrogens with two attached hydrogens (primary N) is 1. The fourth-order valence-corrected chi connectivity index (χ4v) is 3.05. The van der Waals surface area contributed by atoms with E-state index in [4.69, 9.17) is 5.73 Å². The second-order valence-corrected chi connectivity index (χ2v) is 6.09. The van der Waals surface area contributed by atoms with Crippen LogP contribution in [-0.2, 0) is 13.0 Å². The summed E-state index contributed by atoms with van der Waals surface area (Å²) in [4.78, 5) is 12.3. The summed E-state index contributed by atoms with van der Waals surface area (Å²) in [5.74, 6) is -0.399. The van der Waals surface area contributed by atoms with E-state index in [-0.39, 0.29) is 5.56 Å². The molecule has 0 saturated heterocycles. The summed E-state index contributed by atoms with van der Waals surface area (Å²) < 4.78 is 16.3. The number of aromatic nitrogens is 1. The summed E-state index contributed by atoms with van der Waals surface area (Å²) in [6.07, 6.45) is 1.69. The summed E-state index contributed by atoms with van der Waals surface area (Å²) >= 11 is 3.22. The Kier molecular flexibility index (Phi) is 3.49. The maximum absolute atomic E-state index is 14.0. The van der Waals surface area contributed by atoms with E-state index in [0.717, 1.165) is 18.5 Å². The number of rotatable bonds is 2. The van der Waals surface area contributed by atoms with Crippen molar-refractivity contribution in [2.24, 2.45) is 0 Å². The Labute approximate surface area is 129 Å². The number of pyridine rings is 1. The molecular formula is C15H15BrFN3O. The van der Waals surface area contributed by atoms with Gasteiger partial charge >= 0.3 is 0 Å². The zero-order valence-corrected chi connectivity index (χ0v) is 13.1. The summed E-state index contributed by atoms with van der Waals surface area (Å²) in [7, 11) is 0. The molecule has 1 aromatic carbocycles. The standard InChI is InChI=1S/C15H15BrFN3O/c1-8-14(19-11-5-4-9(16)7-10(11)17)13(18)12-3-2-6-20(12)15(8)21/h4-5,7,19H,2-3,6,18H2,1H3. The molecule has 3 N–H and O–H groups in total. The molecule has 0 unspecified atom stereocenters. The monoisotopic (exact) mass is 351 g/mol. The van der Waals surface area contributed by atoms with Gasteiger partial charge in [-0.3, -0.25) is 4.79 Å². The maximum Gasteiger partial charge on any atom is 0.255 e. The van der Waals surface area contributed by atoms with Crippen molar-refractivity contribution in [1.82, 2.24) is 4.57 Å². The first-order valence-electron chi connectivity index (χ1n) is 6.73. The Morgan fingerprint density at radius 1 is 1.43 bits per heavy atom. The van der Waals surface area contributed by atoms with Crippen LogP contribution in [0.25, 0.3) is 0 Å². The maximum atomic E-state index is 14.0. The third-order valence-corrected chi connectivity index (χ3v) is 4.33. The second kappa shape index (κ2) is 5.18. The van der Waals surface area contributed by atoms with Crippen LogP contribution >= 0.6 is 15.9 Å². The lowest BCUT2D eigenvalue weighted by molar-refractivity contribution is 0.631. The van der Waals surface area contributed by atoms with Gasteiger partial charge in [-0.25, -0.2) is 4.39 Å². The Bertz CT molecular complexity index is 785. The molecule has 0 spiro atoms. The highest BCUT2D eigenvalue weighted by atomic mass is 79.9. The van der Waals surface area contributed by atoms with Gasteiger partial charge in [0.15, 0.2) is 0 Å². The fourth-order valence-electron chi connectivity index (χ4n) is 2.72. The molecule has 0 fully saturated rings. The molecule has 0 saturated carbocycles. The van der Waals surface area contributed by atoms with Crippen LogP contribution in [0.4, 0.5) is 21.5 Å². The number of benzene rings is 1. The number of hydrogen-bond acceptors (Lipinski definition) is 3. The lowest BCUT2D eigenvalue weighted by Gasteiger charge is -2.17. The van der Waals surface area contributed by atoms with Gasteiger partial charge in [0.05, 0.1) is 17.1 Å². The largest absolute Gasteiger partial charge is 0.396 e. The molecule has 1 aliphatic rings. The number of nitrogens with zero attached hydrogens (tertiary/aromatic N) is 1. The van der Waals surface area contributed by atoms with Crippen LogP contribution in [0.5, 0.6) is 0 Å². The van der Waals surface area contributed by atoms with Crippen molar-refractivity contribution in [2.75, 3.05) is 11.1 Å². The minimum Gasteiger partial charge on any atom is -0.396 e. The number of halogens is 2. The van der Waals surface area contributed by atoms with Crippen LogP contribution < -0.4 is 16.6 Å². The van der Waals surface area contributed by atoms with Gasteiger partial charge in [-0.05, 0) is 38.0 Å². The van der Waals surface area contributed by atoms with E-state index >= 15 is 0 Å². The molecule has 2 heterocycles. The van der Waals surface area contributed by atoms with Crippen LogP contribution in [0.2, 0.25) is 0 Å². The molecule has 3 rings (SSSR count). The van der Waals surface area contributed by atoms with Crippen LogP contribution in [0.1, 0.15) is 17.7 Å². The molecule has 21 heavy (non-hydrogen) atoms. The highest BCUT2D eigenvalue weighted by Crippen LogP contribution is 2.32. The van der Waals surface area contributed by atoms with Crippen molar-refractivity contribution in [2.45, 2.75) is 26.3 Å². The van der Waals surface area contributed by atoms with Crippen molar-refractivity contribution < 1.29 is 4.39 Å². The predicted octanol–water partition coefficient (Wildman–Crippen LogP) is 3.33. The van der Waals surface area contributed by atoms with Crippen molar-refractivity contribution >= 4 is 33.0 Å². The van der Waals surface area contributed by atoms with E-state index in [1.807, 2.05) is 0 Å². The third kappa shape index (κ3) is 2.33. The van der Waals surface area contributed by atoms with Crippen LogP contribution in [0.3, 0.4) is 0 Å². The van der Waals surface area contributed by atoms with Crippen molar-refractivity contribution in [3.8, 4) is 0 Å². The molecule has 1 aromatic heterocycles. The van der Waals surface area contributed by atoms with Crippen LogP contribution in [0, 0.1) is 12.7 Å². The number of nitrogens with one attached hydrogen (secondary N) is 1. The minimum atomic E-state index is -0.399. The van der Waals surface area contributed by atoms with E-state index in [1.165, 1.54) is 6.07 Å². The van der Waals surface area contributed by atoms with Gasteiger partial charge in [0, 0.05) is 22.3 Å². The molecule has 6 heteroatoms. The molecule has 0 radical (unpaired) electrons. The number of anilines is 3. The van der Waals surface area contributed by atoms with Gasteiger partial charge < -0.3 is 15.6 Å². The number of fused-ring (bicyclic) bond motifs is 1. The van der Waals surface area contributed by atoms with Crippen molar-refractivity contribution in [3.05, 3.63) is 50.1 Å². The highest BCUT2D eigenvalue weighted by Gasteiger charge is 2.21. The average Bonchev–Trinajstić information content (AvgIpc) is 2.93. The van der Waals surface area contributed by atoms with E-state index in [9.17, 15) is 9.18 Å². The summed E-state index contributed by atoms with van der Waals surface area (Å²) in [5.41, 5.74) is 8.82. The van der Waals surface area contributed by atoms with Gasteiger partial charge in [-0.15, -0.1) is 0 Å². The lowest BCUT2D eigenvalue weighted by Crippen LogP contribution is -2.24. The first-order valence-corrected chi connectivity index (χ1v) is 7.52. The SMILES string of the molecule is Cc1c(Nc2ccc(Br)cc2F)c(N)c2n(c1=O)CCC2. The third-order valence-electron chi connectivity index (χ3n) is 3.83. The van der Waals surface area contributed by atoms with Crippen molar-refractivity contribution in [1.29, 1.82) is 0 Å². The summed E-state index contributed by atoms with van der Waals surface area (Å²) in [6, 6.07) is 4.72. The predicted molar refractivity (Wildman–Crippen MR) is 85.6 cm³/mol. The summed E-state index contributed by atoms with van der Waals surface area (Å²) in [5, 5.41) is 2.97. The Morgan fingerprint density at radius 3 is 2.90 bits per heavy atom. The fraction of sp³-hybridized carbons (Fsp3) is 0.267. The van der Waals surface area contributed by atoms with Crippen molar-refractivity contribution in [3.63, 3.8) is 0 Å². The summed E-state index contributed by atoms with van der Waals surface area (Å²) in [6.45, 7) is 2.41. The molecule has 2 aromatic rings. The molecule has 0 bridgehead atoms. The molecular weight excluding hydrogens is 337 g/mol. The van der Waals surface area contributed by atoms with Gasteiger partial charge in [0.25, 0.3) is 5.56 Å². The quantitative estimate of drug-likeness (QED) is 0.872. The number of nitrogen functional groups attached to an aromatic ring is 1. The smallest absolute Gasteiger partial charge is 0.255 e. The van der Waals surface area contributed by atoms with Gasteiger partial charge in [0.1, 0.15) is 5.82 Å². The minimum absolute atomic E-state index is 0.0586. The molecule has 4 nitrogen and oxygen atoms in total. The Morgan fingerprint density at radius 2 is 2.19 bits per heavy atom. The Hall–Kier alpha value is -1.82. The van der Waals surface area contributed by atoms with Gasteiger partial charge in [-0.1, -0.05) is 15.9 Å². The van der Waals surface area contributed by atoms with Gasteiger partial charge in [0.2, 0.25) is 0 Å². The first kappa shape index (κ1) is 14.1. The molecule has 1 aliphatic heterocycles. The lowest BCUT2D eigenvalue weighted by atomic mass is 10.1. The van der Waals surface area contributed by atoms with E-state index < -0.39 is 5.82 Å². The molecule has 110 valence electrons. The van der Waals surface area contributed by atoms with Gasteiger partial charge in [-0.2, -0.15) is 0 Å². The average molecular weight is 352 g/mol. The molecule has 0 aliphatic carbocycles.